The number of hydrogen-bond acceptors (Lipinski definition) is 3. The number of para-hydroxylation sites is 2. The number of aliphatic imine (C=N–C) groups is 2. The van der Waals surface area contributed by atoms with Crippen molar-refractivity contribution in [3.8, 4) is 22.3 Å². The molecule has 0 saturated carbocycles. The number of hydrogen-bond donors (Lipinski definition) is 0. The van der Waals surface area contributed by atoms with Gasteiger partial charge in [0.15, 0.2) is 0 Å². The predicted molar refractivity (Wildman–Crippen MR) is 166 cm³/mol. The van der Waals surface area contributed by atoms with Crippen molar-refractivity contribution < 1.29 is 0 Å². The molecule has 4 aromatic carbocycles. The summed E-state index contributed by atoms with van der Waals surface area (Å²) in [5.74, 6) is 0. The maximum Gasteiger partial charge on any atom is 0.0884 e. The van der Waals surface area contributed by atoms with Crippen LogP contribution in [-0.4, -0.2) is 16.4 Å². The Kier molecular flexibility index (Phi) is 6.63. The van der Waals surface area contributed by atoms with E-state index in [1.54, 1.807) is 0 Å². The van der Waals surface area contributed by atoms with Gasteiger partial charge in [0.1, 0.15) is 0 Å². The molecule has 0 aliphatic heterocycles. The first-order chi connectivity index (χ1) is 19.8. The molecule has 0 unspecified atom stereocenters. The molecule has 0 bridgehead atoms. The number of rotatable bonds is 4. The standard InChI is InChI=1S/C37H31N3/c1-3-13-26(14-4-1)30-19-7-9-21-32(30)38-34-23-11-17-28-25-29-18-12-24-35(37(29)40-36(28)34)39-33-22-10-8-20-31(33)27-15-5-2-6-16-27/h1-10,13-16,19-22,25H,11-12,17-18,23-24H2/b38-34-,39-35+. The lowest BCUT2D eigenvalue weighted by Crippen LogP contribution is -2.21. The van der Waals surface area contributed by atoms with Crippen molar-refractivity contribution in [2.45, 2.75) is 38.5 Å². The highest BCUT2D eigenvalue weighted by Crippen LogP contribution is 2.35. The lowest BCUT2D eigenvalue weighted by Gasteiger charge is -2.24. The average Bonchev–Trinajstić information content (AvgIpc) is 3.02. The summed E-state index contributed by atoms with van der Waals surface area (Å²) in [6.45, 7) is 0. The second kappa shape index (κ2) is 10.9. The zero-order chi connectivity index (χ0) is 26.7. The first-order valence-electron chi connectivity index (χ1n) is 14.3. The molecule has 0 atom stereocenters. The molecular weight excluding hydrogens is 486 g/mol. The topological polar surface area (TPSA) is 37.6 Å². The van der Waals surface area contributed by atoms with Gasteiger partial charge in [-0.15, -0.1) is 0 Å². The molecule has 0 spiro atoms. The van der Waals surface area contributed by atoms with Gasteiger partial charge in [0, 0.05) is 11.1 Å². The fourth-order valence-electron chi connectivity index (χ4n) is 5.99. The monoisotopic (exact) mass is 517 g/mol. The molecule has 1 aromatic heterocycles. The molecule has 0 fully saturated rings. The second-order valence-electron chi connectivity index (χ2n) is 10.6. The quantitative estimate of drug-likeness (QED) is 0.234. The molecule has 5 aromatic rings. The molecule has 3 heteroatoms. The van der Waals surface area contributed by atoms with E-state index in [1.807, 2.05) is 0 Å². The fraction of sp³-hybridized carbons (Fsp3) is 0.162. The molecule has 7 rings (SSSR count). The molecule has 0 radical (unpaired) electrons. The van der Waals surface area contributed by atoms with Gasteiger partial charge in [0.05, 0.1) is 34.2 Å². The van der Waals surface area contributed by atoms with Crippen molar-refractivity contribution in [3.05, 3.63) is 138 Å². The van der Waals surface area contributed by atoms with Crippen LogP contribution < -0.4 is 0 Å². The predicted octanol–water partition coefficient (Wildman–Crippen LogP) is 9.33. The van der Waals surface area contributed by atoms with Gasteiger partial charge >= 0.3 is 0 Å². The van der Waals surface area contributed by atoms with Crippen LogP contribution in [0.4, 0.5) is 11.4 Å². The van der Waals surface area contributed by atoms with Gasteiger partial charge in [0.2, 0.25) is 0 Å². The SMILES string of the molecule is c1ccc(-c2ccccc2/N=C2/CCCc3cc4c(nc32)/C(=N/c2ccccc2-c2ccccc2)CCC4)cc1. The molecule has 0 N–H and O–H groups in total. The van der Waals surface area contributed by atoms with E-state index < -0.39 is 0 Å². The fourth-order valence-corrected chi connectivity index (χ4v) is 5.99. The summed E-state index contributed by atoms with van der Waals surface area (Å²) in [7, 11) is 0. The minimum absolute atomic E-state index is 0.936. The lowest BCUT2D eigenvalue weighted by molar-refractivity contribution is 0.792. The largest absolute Gasteiger partial charge is 0.251 e. The van der Waals surface area contributed by atoms with Crippen LogP contribution >= 0.6 is 0 Å². The van der Waals surface area contributed by atoms with Crippen molar-refractivity contribution >= 4 is 22.8 Å². The van der Waals surface area contributed by atoms with Crippen LogP contribution in [0.3, 0.4) is 0 Å². The third kappa shape index (κ3) is 4.80. The number of aromatic nitrogens is 1. The molecule has 2 aliphatic carbocycles. The maximum atomic E-state index is 5.35. The third-order valence-electron chi connectivity index (χ3n) is 7.93. The van der Waals surface area contributed by atoms with E-state index in [2.05, 4.69) is 115 Å². The Morgan fingerprint density at radius 2 is 0.875 bits per heavy atom. The van der Waals surface area contributed by atoms with E-state index in [0.29, 0.717) is 0 Å². The van der Waals surface area contributed by atoms with Gasteiger partial charge in [0.25, 0.3) is 0 Å². The second-order valence-corrected chi connectivity index (χ2v) is 10.6. The summed E-state index contributed by atoms with van der Waals surface area (Å²) < 4.78 is 0. The Hall–Kier alpha value is -4.63. The Labute approximate surface area is 236 Å². The van der Waals surface area contributed by atoms with Gasteiger partial charge in [-0.3, -0.25) is 9.98 Å². The summed E-state index contributed by atoms with van der Waals surface area (Å²) in [6.07, 6.45) is 6.18. The van der Waals surface area contributed by atoms with Gasteiger partial charge < -0.3 is 0 Å². The Balaban J connectivity index is 1.32. The first kappa shape index (κ1) is 24.4. The summed E-state index contributed by atoms with van der Waals surface area (Å²) in [6, 6.07) is 40.3. The maximum absolute atomic E-state index is 5.35. The highest BCUT2D eigenvalue weighted by atomic mass is 14.9. The Bertz CT molecular complexity index is 1610. The van der Waals surface area contributed by atoms with Crippen LogP contribution in [0.25, 0.3) is 22.3 Å². The molecule has 1 heterocycles. The van der Waals surface area contributed by atoms with Crippen LogP contribution in [0.2, 0.25) is 0 Å². The summed E-state index contributed by atoms with van der Waals surface area (Å²) in [4.78, 5) is 15.9. The van der Waals surface area contributed by atoms with E-state index in [9.17, 15) is 0 Å². The van der Waals surface area contributed by atoms with Crippen LogP contribution in [0.1, 0.15) is 48.2 Å². The summed E-state index contributed by atoms with van der Waals surface area (Å²) in [5.41, 5.74) is 13.6. The van der Waals surface area contributed by atoms with E-state index in [0.717, 1.165) is 83.8 Å². The van der Waals surface area contributed by atoms with Gasteiger partial charge in [-0.05, 0) is 72.9 Å². The van der Waals surface area contributed by atoms with Crippen LogP contribution in [0, 0.1) is 0 Å². The molecular formula is C37H31N3. The minimum Gasteiger partial charge on any atom is -0.251 e. The zero-order valence-electron chi connectivity index (χ0n) is 22.6. The van der Waals surface area contributed by atoms with E-state index in [1.165, 1.54) is 22.3 Å². The molecule has 3 nitrogen and oxygen atoms in total. The normalized spacial score (nSPS) is 16.5. The Morgan fingerprint density at radius 1 is 0.450 bits per heavy atom. The average molecular weight is 518 g/mol. The molecule has 194 valence electrons. The van der Waals surface area contributed by atoms with Crippen LogP contribution in [0.15, 0.2) is 125 Å². The van der Waals surface area contributed by atoms with Gasteiger partial charge in [-0.1, -0.05) is 103 Å². The van der Waals surface area contributed by atoms with Crippen LogP contribution in [0.5, 0.6) is 0 Å². The third-order valence-corrected chi connectivity index (χ3v) is 7.93. The van der Waals surface area contributed by atoms with Crippen molar-refractivity contribution in [1.29, 1.82) is 0 Å². The Morgan fingerprint density at radius 3 is 1.35 bits per heavy atom. The first-order valence-corrected chi connectivity index (χ1v) is 14.3. The molecule has 0 saturated heterocycles. The number of pyridine rings is 1. The zero-order valence-corrected chi connectivity index (χ0v) is 22.6. The highest BCUT2D eigenvalue weighted by Gasteiger charge is 2.25. The van der Waals surface area contributed by atoms with Crippen molar-refractivity contribution in [2.24, 2.45) is 9.98 Å². The summed E-state index contributed by atoms with van der Waals surface area (Å²) in [5, 5.41) is 0. The molecule has 0 amide bonds. The molecule has 2 aliphatic rings. The van der Waals surface area contributed by atoms with E-state index in [4.69, 9.17) is 15.0 Å². The lowest BCUT2D eigenvalue weighted by atomic mass is 9.87. The van der Waals surface area contributed by atoms with Crippen molar-refractivity contribution in [1.82, 2.24) is 4.98 Å². The van der Waals surface area contributed by atoms with Crippen molar-refractivity contribution in [2.75, 3.05) is 0 Å². The minimum atomic E-state index is 0.936. The van der Waals surface area contributed by atoms with Crippen molar-refractivity contribution in [3.63, 3.8) is 0 Å². The van der Waals surface area contributed by atoms with Crippen LogP contribution in [-0.2, 0) is 12.8 Å². The smallest absolute Gasteiger partial charge is 0.0884 e. The number of fused-ring (bicyclic) bond motifs is 2. The number of benzene rings is 4. The van der Waals surface area contributed by atoms with Gasteiger partial charge in [-0.25, -0.2) is 4.98 Å². The summed E-state index contributed by atoms with van der Waals surface area (Å²) >= 11 is 0. The van der Waals surface area contributed by atoms with E-state index >= 15 is 0 Å². The molecule has 40 heavy (non-hydrogen) atoms. The number of aryl methyl sites for hydroxylation is 2. The highest BCUT2D eigenvalue weighted by molar-refractivity contribution is 6.07. The number of nitrogens with zero attached hydrogens (tertiary/aromatic N) is 3. The van der Waals surface area contributed by atoms with E-state index in [-0.39, 0.29) is 0 Å². The van der Waals surface area contributed by atoms with Gasteiger partial charge in [-0.2, -0.15) is 0 Å².